The maximum absolute atomic E-state index is 11.3. The average Bonchev–Trinajstić information content (AvgIpc) is 2.47. The Hall–Kier alpha value is -2.20. The van der Waals surface area contributed by atoms with Gasteiger partial charge in [-0.05, 0) is 42.5 Å². The van der Waals surface area contributed by atoms with Crippen LogP contribution in [0.3, 0.4) is 0 Å². The van der Waals surface area contributed by atoms with Crippen molar-refractivity contribution in [3.05, 3.63) is 53.1 Å². The summed E-state index contributed by atoms with van der Waals surface area (Å²) in [5.41, 5.74) is 2.19. The van der Waals surface area contributed by atoms with Crippen LogP contribution in [0.2, 0.25) is 5.02 Å². The highest BCUT2D eigenvalue weighted by Crippen LogP contribution is 2.28. The molecular formula is C15H14ClNO3. The smallest absolute Gasteiger partial charge is 0.337 e. The van der Waals surface area contributed by atoms with E-state index in [9.17, 15) is 4.79 Å². The molecule has 0 aromatic heterocycles. The SMILES string of the molecule is COC(=O)c1ccc(Nc2ccc(OC)c(Cl)c2)cc1. The van der Waals surface area contributed by atoms with E-state index in [0.29, 0.717) is 16.3 Å². The molecule has 0 spiro atoms. The van der Waals surface area contributed by atoms with E-state index in [2.05, 4.69) is 10.1 Å². The fraction of sp³-hybridized carbons (Fsp3) is 0.133. The number of carbonyl (C=O) groups excluding carboxylic acids is 1. The topological polar surface area (TPSA) is 47.6 Å². The molecule has 1 N–H and O–H groups in total. The van der Waals surface area contributed by atoms with Gasteiger partial charge >= 0.3 is 5.97 Å². The molecule has 0 aliphatic carbocycles. The Morgan fingerprint density at radius 3 is 2.25 bits per heavy atom. The predicted molar refractivity (Wildman–Crippen MR) is 79.1 cm³/mol. The van der Waals surface area contributed by atoms with Crippen LogP contribution in [-0.2, 0) is 4.74 Å². The summed E-state index contributed by atoms with van der Waals surface area (Å²) in [5, 5.41) is 3.72. The van der Waals surface area contributed by atoms with E-state index in [4.69, 9.17) is 16.3 Å². The molecule has 0 heterocycles. The van der Waals surface area contributed by atoms with Gasteiger partial charge in [0.15, 0.2) is 0 Å². The zero-order chi connectivity index (χ0) is 14.5. The van der Waals surface area contributed by atoms with Crippen LogP contribution in [-0.4, -0.2) is 20.2 Å². The fourth-order valence-corrected chi connectivity index (χ4v) is 1.98. The first-order valence-electron chi connectivity index (χ1n) is 5.93. The summed E-state index contributed by atoms with van der Waals surface area (Å²) < 4.78 is 9.74. The van der Waals surface area contributed by atoms with Crippen molar-refractivity contribution in [2.45, 2.75) is 0 Å². The Bertz CT molecular complexity index is 611. The molecule has 2 aromatic rings. The third-order valence-corrected chi connectivity index (χ3v) is 3.04. The summed E-state index contributed by atoms with van der Waals surface area (Å²) >= 11 is 6.06. The van der Waals surface area contributed by atoms with Crippen LogP contribution in [0, 0.1) is 0 Å². The second-order valence-corrected chi connectivity index (χ2v) is 4.45. The maximum atomic E-state index is 11.3. The van der Waals surface area contributed by atoms with Crippen molar-refractivity contribution in [1.29, 1.82) is 0 Å². The molecule has 2 aromatic carbocycles. The van der Waals surface area contributed by atoms with Crippen LogP contribution in [0.25, 0.3) is 0 Å². The van der Waals surface area contributed by atoms with E-state index in [-0.39, 0.29) is 5.97 Å². The van der Waals surface area contributed by atoms with Crippen molar-refractivity contribution in [1.82, 2.24) is 0 Å². The van der Waals surface area contributed by atoms with Gasteiger partial charge in [0.1, 0.15) is 5.75 Å². The van der Waals surface area contributed by atoms with E-state index in [1.54, 1.807) is 43.5 Å². The first kappa shape index (κ1) is 14.2. The van der Waals surface area contributed by atoms with Gasteiger partial charge in [-0.3, -0.25) is 0 Å². The average molecular weight is 292 g/mol. The lowest BCUT2D eigenvalue weighted by molar-refractivity contribution is 0.0601. The Morgan fingerprint density at radius 1 is 1.05 bits per heavy atom. The predicted octanol–water partition coefficient (Wildman–Crippen LogP) is 3.88. The van der Waals surface area contributed by atoms with Crippen LogP contribution in [0.5, 0.6) is 5.75 Å². The summed E-state index contributed by atoms with van der Waals surface area (Å²) in [4.78, 5) is 11.3. The molecule has 0 aliphatic heterocycles. The van der Waals surface area contributed by atoms with Crippen molar-refractivity contribution in [3.8, 4) is 5.75 Å². The lowest BCUT2D eigenvalue weighted by atomic mass is 10.2. The van der Waals surface area contributed by atoms with Crippen LogP contribution in [0.1, 0.15) is 10.4 Å². The van der Waals surface area contributed by atoms with E-state index >= 15 is 0 Å². The number of rotatable bonds is 4. The monoisotopic (exact) mass is 291 g/mol. The molecule has 2 rings (SSSR count). The third-order valence-electron chi connectivity index (χ3n) is 2.75. The van der Waals surface area contributed by atoms with Crippen molar-refractivity contribution in [3.63, 3.8) is 0 Å². The summed E-state index contributed by atoms with van der Waals surface area (Å²) in [7, 11) is 2.92. The number of benzene rings is 2. The Kier molecular flexibility index (Phi) is 4.48. The Balaban J connectivity index is 2.14. The van der Waals surface area contributed by atoms with E-state index in [0.717, 1.165) is 11.4 Å². The molecule has 0 bridgehead atoms. The molecule has 0 unspecified atom stereocenters. The van der Waals surface area contributed by atoms with Crippen molar-refractivity contribution in [2.24, 2.45) is 0 Å². The molecule has 0 saturated carbocycles. The van der Waals surface area contributed by atoms with Gasteiger partial charge in [-0.2, -0.15) is 0 Å². The number of esters is 1. The highest BCUT2D eigenvalue weighted by molar-refractivity contribution is 6.32. The van der Waals surface area contributed by atoms with Crippen molar-refractivity contribution < 1.29 is 14.3 Å². The zero-order valence-electron chi connectivity index (χ0n) is 11.1. The first-order chi connectivity index (χ1) is 9.63. The van der Waals surface area contributed by atoms with Crippen molar-refractivity contribution in [2.75, 3.05) is 19.5 Å². The summed E-state index contributed by atoms with van der Waals surface area (Å²) in [5.74, 6) is 0.266. The molecular weight excluding hydrogens is 278 g/mol. The van der Waals surface area contributed by atoms with Crippen LogP contribution < -0.4 is 10.1 Å². The molecule has 0 radical (unpaired) electrons. The summed E-state index contributed by atoms with van der Waals surface area (Å²) in [6, 6.07) is 12.4. The maximum Gasteiger partial charge on any atom is 0.337 e. The van der Waals surface area contributed by atoms with Gasteiger partial charge in [0.05, 0.1) is 24.8 Å². The molecule has 4 nitrogen and oxygen atoms in total. The molecule has 0 atom stereocenters. The van der Waals surface area contributed by atoms with Crippen LogP contribution in [0.4, 0.5) is 11.4 Å². The lowest BCUT2D eigenvalue weighted by Crippen LogP contribution is -2.00. The first-order valence-corrected chi connectivity index (χ1v) is 6.31. The largest absolute Gasteiger partial charge is 0.495 e. The number of nitrogens with one attached hydrogen (secondary N) is 1. The van der Waals surface area contributed by atoms with Crippen LogP contribution >= 0.6 is 11.6 Å². The number of hydrogen-bond donors (Lipinski definition) is 1. The van der Waals surface area contributed by atoms with Gasteiger partial charge in [0.25, 0.3) is 0 Å². The van der Waals surface area contributed by atoms with Gasteiger partial charge in [-0.25, -0.2) is 4.79 Å². The number of anilines is 2. The third kappa shape index (κ3) is 3.22. The quantitative estimate of drug-likeness (QED) is 0.869. The molecule has 0 saturated heterocycles. The minimum absolute atomic E-state index is 0.357. The molecule has 20 heavy (non-hydrogen) atoms. The minimum atomic E-state index is -0.357. The standard InChI is InChI=1S/C15H14ClNO3/c1-19-14-8-7-12(9-13(14)16)17-11-5-3-10(4-6-11)15(18)20-2/h3-9,17H,1-2H3. The van der Waals surface area contributed by atoms with Gasteiger partial charge < -0.3 is 14.8 Å². The van der Waals surface area contributed by atoms with Crippen LogP contribution in [0.15, 0.2) is 42.5 Å². The highest BCUT2D eigenvalue weighted by Gasteiger charge is 2.05. The molecule has 5 heteroatoms. The van der Waals surface area contributed by atoms with E-state index < -0.39 is 0 Å². The summed E-state index contributed by atoms with van der Waals surface area (Å²) in [6.45, 7) is 0. The fourth-order valence-electron chi connectivity index (χ4n) is 1.72. The number of hydrogen-bond acceptors (Lipinski definition) is 4. The molecule has 0 aliphatic rings. The van der Waals surface area contributed by atoms with Crippen molar-refractivity contribution >= 4 is 28.9 Å². The highest BCUT2D eigenvalue weighted by atomic mass is 35.5. The number of ether oxygens (including phenoxy) is 2. The molecule has 104 valence electrons. The lowest BCUT2D eigenvalue weighted by Gasteiger charge is -2.09. The van der Waals surface area contributed by atoms with E-state index in [1.165, 1.54) is 7.11 Å². The normalized spacial score (nSPS) is 9.95. The van der Waals surface area contributed by atoms with Gasteiger partial charge in [0.2, 0.25) is 0 Å². The second kappa shape index (κ2) is 6.30. The zero-order valence-corrected chi connectivity index (χ0v) is 11.9. The van der Waals surface area contributed by atoms with E-state index in [1.807, 2.05) is 6.07 Å². The second-order valence-electron chi connectivity index (χ2n) is 4.04. The summed E-state index contributed by atoms with van der Waals surface area (Å²) in [6.07, 6.45) is 0. The number of halogens is 1. The van der Waals surface area contributed by atoms with Gasteiger partial charge in [0, 0.05) is 11.4 Å². The molecule has 0 fully saturated rings. The number of carbonyl (C=O) groups is 1. The Morgan fingerprint density at radius 2 is 1.70 bits per heavy atom. The van der Waals surface area contributed by atoms with Gasteiger partial charge in [-0.1, -0.05) is 11.6 Å². The van der Waals surface area contributed by atoms with Gasteiger partial charge in [-0.15, -0.1) is 0 Å². The Labute approximate surface area is 122 Å². The minimum Gasteiger partial charge on any atom is -0.495 e. The molecule has 0 amide bonds. The number of methoxy groups -OCH3 is 2.